The molecule has 0 radical (unpaired) electrons. The van der Waals surface area contributed by atoms with E-state index in [0.29, 0.717) is 0 Å². The van der Waals surface area contributed by atoms with Gasteiger partial charge in [0.15, 0.2) is 0 Å². The minimum atomic E-state index is 0.740. The van der Waals surface area contributed by atoms with Gasteiger partial charge in [-0.15, -0.1) is 0 Å². The van der Waals surface area contributed by atoms with E-state index in [1.165, 1.54) is 0 Å². The molecule has 2 heterocycles. The number of fused-ring (bicyclic) bond motifs is 1. The van der Waals surface area contributed by atoms with Gasteiger partial charge >= 0.3 is 0 Å². The number of pyridine rings is 1. The number of aromatic nitrogens is 1. The van der Waals surface area contributed by atoms with E-state index < -0.39 is 0 Å². The SMILES string of the molecule is NN1CC=Cc2cccnc21. The fourth-order valence-electron chi connectivity index (χ4n) is 1.16. The van der Waals surface area contributed by atoms with Crippen LogP contribution in [-0.2, 0) is 0 Å². The third-order valence-electron chi connectivity index (χ3n) is 1.69. The molecule has 0 spiro atoms. The molecule has 0 aliphatic carbocycles. The zero-order chi connectivity index (χ0) is 7.68. The molecule has 0 saturated carbocycles. The smallest absolute Gasteiger partial charge is 0.150 e. The fourth-order valence-corrected chi connectivity index (χ4v) is 1.16. The van der Waals surface area contributed by atoms with Crippen molar-refractivity contribution < 1.29 is 0 Å². The predicted molar refractivity (Wildman–Crippen MR) is 44.8 cm³/mol. The van der Waals surface area contributed by atoms with Gasteiger partial charge in [-0.3, -0.25) is 5.01 Å². The Bertz CT molecular complexity index is 293. The molecule has 2 N–H and O–H groups in total. The average molecular weight is 147 g/mol. The molecule has 0 unspecified atom stereocenters. The Balaban J connectivity index is 2.54. The van der Waals surface area contributed by atoms with E-state index in [0.717, 1.165) is 17.9 Å². The lowest BCUT2D eigenvalue weighted by atomic mass is 10.2. The van der Waals surface area contributed by atoms with Crippen molar-refractivity contribution in [2.75, 3.05) is 11.6 Å². The van der Waals surface area contributed by atoms with E-state index in [9.17, 15) is 0 Å². The standard InChI is InChI=1S/C8H9N3/c9-11-6-2-4-7-3-1-5-10-8(7)11/h1-5H,6,9H2. The molecule has 1 aliphatic heterocycles. The molecule has 0 amide bonds. The molecule has 11 heavy (non-hydrogen) atoms. The summed E-state index contributed by atoms with van der Waals surface area (Å²) in [5.74, 6) is 6.52. The van der Waals surface area contributed by atoms with Crippen LogP contribution in [0, 0.1) is 0 Å². The van der Waals surface area contributed by atoms with E-state index in [1.807, 2.05) is 24.3 Å². The Kier molecular flexibility index (Phi) is 1.36. The van der Waals surface area contributed by atoms with Gasteiger partial charge < -0.3 is 0 Å². The highest BCUT2D eigenvalue weighted by molar-refractivity contribution is 5.66. The van der Waals surface area contributed by atoms with Crippen molar-refractivity contribution in [1.29, 1.82) is 0 Å². The van der Waals surface area contributed by atoms with Gasteiger partial charge in [0.25, 0.3) is 0 Å². The minimum Gasteiger partial charge on any atom is -0.290 e. The number of nitrogens with zero attached hydrogens (tertiary/aromatic N) is 2. The molecular weight excluding hydrogens is 138 g/mol. The lowest BCUT2D eigenvalue weighted by molar-refractivity contribution is 0.901. The molecule has 56 valence electrons. The lowest BCUT2D eigenvalue weighted by Crippen LogP contribution is -2.33. The minimum absolute atomic E-state index is 0.740. The second kappa shape index (κ2) is 2.36. The summed E-state index contributed by atoms with van der Waals surface area (Å²) in [6.07, 6.45) is 5.80. The first-order chi connectivity index (χ1) is 5.38. The van der Waals surface area contributed by atoms with Gasteiger partial charge in [0.2, 0.25) is 0 Å². The van der Waals surface area contributed by atoms with Gasteiger partial charge in [0.1, 0.15) is 5.82 Å². The van der Waals surface area contributed by atoms with Crippen molar-refractivity contribution >= 4 is 11.9 Å². The van der Waals surface area contributed by atoms with Gasteiger partial charge in [0, 0.05) is 11.8 Å². The molecule has 0 fully saturated rings. The number of nitrogens with two attached hydrogens (primary N) is 1. The lowest BCUT2D eigenvalue weighted by Gasteiger charge is -2.20. The van der Waals surface area contributed by atoms with Crippen molar-refractivity contribution in [3.63, 3.8) is 0 Å². The van der Waals surface area contributed by atoms with Crippen LogP contribution in [0.4, 0.5) is 5.82 Å². The van der Waals surface area contributed by atoms with Crippen molar-refractivity contribution in [2.45, 2.75) is 0 Å². The first-order valence-corrected chi connectivity index (χ1v) is 3.52. The van der Waals surface area contributed by atoms with Gasteiger partial charge in [-0.05, 0) is 12.1 Å². The zero-order valence-electron chi connectivity index (χ0n) is 6.07. The molecule has 2 rings (SSSR count). The first kappa shape index (κ1) is 6.37. The molecule has 0 aromatic carbocycles. The van der Waals surface area contributed by atoms with E-state index in [2.05, 4.69) is 4.98 Å². The highest BCUT2D eigenvalue weighted by Crippen LogP contribution is 2.19. The fraction of sp³-hybridized carbons (Fsp3) is 0.125. The quantitative estimate of drug-likeness (QED) is 0.551. The van der Waals surface area contributed by atoms with E-state index in [4.69, 9.17) is 5.84 Å². The maximum absolute atomic E-state index is 5.67. The van der Waals surface area contributed by atoms with E-state index in [1.54, 1.807) is 11.2 Å². The van der Waals surface area contributed by atoms with Crippen molar-refractivity contribution in [1.82, 2.24) is 4.98 Å². The van der Waals surface area contributed by atoms with Crippen LogP contribution in [-0.4, -0.2) is 11.5 Å². The van der Waals surface area contributed by atoms with Crippen molar-refractivity contribution in [3.8, 4) is 0 Å². The largest absolute Gasteiger partial charge is 0.290 e. The molecule has 1 aromatic rings. The Morgan fingerprint density at radius 2 is 2.45 bits per heavy atom. The summed E-state index contributed by atoms with van der Waals surface area (Å²) in [6, 6.07) is 3.90. The van der Waals surface area contributed by atoms with Crippen LogP contribution in [0.25, 0.3) is 6.08 Å². The highest BCUT2D eigenvalue weighted by atomic mass is 15.4. The molecule has 1 aromatic heterocycles. The van der Waals surface area contributed by atoms with Gasteiger partial charge in [-0.25, -0.2) is 10.8 Å². The molecule has 0 atom stereocenters. The normalized spacial score (nSPS) is 14.8. The number of rotatable bonds is 0. The number of hydrogen-bond acceptors (Lipinski definition) is 3. The van der Waals surface area contributed by atoms with E-state index in [-0.39, 0.29) is 0 Å². The summed E-state index contributed by atoms with van der Waals surface area (Å²) in [4.78, 5) is 4.15. The number of hydrogen-bond donors (Lipinski definition) is 1. The molecule has 3 heteroatoms. The molecular formula is C8H9N3. The van der Waals surface area contributed by atoms with Crippen LogP contribution in [0.3, 0.4) is 0 Å². The summed E-state index contributed by atoms with van der Waals surface area (Å²) < 4.78 is 0. The zero-order valence-corrected chi connectivity index (χ0v) is 6.07. The summed E-state index contributed by atoms with van der Waals surface area (Å²) in [5, 5.41) is 1.63. The monoisotopic (exact) mass is 147 g/mol. The predicted octanol–water partition coefficient (Wildman–Crippen LogP) is 0.789. The van der Waals surface area contributed by atoms with Crippen LogP contribution < -0.4 is 10.9 Å². The Morgan fingerprint density at radius 1 is 1.55 bits per heavy atom. The van der Waals surface area contributed by atoms with Crippen LogP contribution in [0.5, 0.6) is 0 Å². The summed E-state index contributed by atoms with van der Waals surface area (Å²) >= 11 is 0. The summed E-state index contributed by atoms with van der Waals surface area (Å²) in [5.41, 5.74) is 1.08. The highest BCUT2D eigenvalue weighted by Gasteiger charge is 2.08. The van der Waals surface area contributed by atoms with Crippen LogP contribution >= 0.6 is 0 Å². The maximum Gasteiger partial charge on any atom is 0.150 e. The van der Waals surface area contributed by atoms with Gasteiger partial charge in [-0.1, -0.05) is 12.2 Å². The third-order valence-corrected chi connectivity index (χ3v) is 1.69. The van der Waals surface area contributed by atoms with Gasteiger partial charge in [-0.2, -0.15) is 0 Å². The van der Waals surface area contributed by atoms with E-state index >= 15 is 0 Å². The van der Waals surface area contributed by atoms with Crippen LogP contribution in [0.2, 0.25) is 0 Å². The summed E-state index contributed by atoms with van der Waals surface area (Å²) in [7, 11) is 0. The topological polar surface area (TPSA) is 42.1 Å². The summed E-state index contributed by atoms with van der Waals surface area (Å²) in [6.45, 7) is 0.740. The van der Waals surface area contributed by atoms with Crippen molar-refractivity contribution in [2.24, 2.45) is 5.84 Å². The maximum atomic E-state index is 5.67. The van der Waals surface area contributed by atoms with Gasteiger partial charge in [0.05, 0.1) is 6.54 Å². The number of anilines is 1. The Hall–Kier alpha value is -1.35. The Labute approximate surface area is 65.1 Å². The molecule has 0 bridgehead atoms. The number of hydrazine groups is 1. The molecule has 0 saturated heterocycles. The van der Waals surface area contributed by atoms with Crippen molar-refractivity contribution in [3.05, 3.63) is 30.0 Å². The second-order valence-corrected chi connectivity index (χ2v) is 2.47. The molecule has 1 aliphatic rings. The average Bonchev–Trinajstić information content (AvgIpc) is 2.06. The third kappa shape index (κ3) is 0.991. The molecule has 3 nitrogen and oxygen atoms in total. The van der Waals surface area contributed by atoms with Crippen LogP contribution in [0.15, 0.2) is 24.4 Å². The first-order valence-electron chi connectivity index (χ1n) is 3.52. The second-order valence-electron chi connectivity index (χ2n) is 2.47. The Morgan fingerprint density at radius 3 is 3.27 bits per heavy atom. The van der Waals surface area contributed by atoms with Crippen LogP contribution in [0.1, 0.15) is 5.56 Å².